The predicted molar refractivity (Wildman–Crippen MR) is 87.2 cm³/mol. The zero-order valence-corrected chi connectivity index (χ0v) is 12.3. The quantitative estimate of drug-likeness (QED) is 0.631. The molecular weight excluding hydrogens is 287 g/mol. The SMILES string of the molecule is Fc1ccccc1OCCCNC(=S)Nc1ccccc1. The van der Waals surface area contributed by atoms with Crippen LogP contribution in [-0.4, -0.2) is 18.3 Å². The molecule has 0 saturated carbocycles. The molecule has 2 aromatic carbocycles. The Morgan fingerprint density at radius 1 is 1.05 bits per heavy atom. The van der Waals surface area contributed by atoms with Crippen LogP contribution in [0.3, 0.4) is 0 Å². The second-order valence-corrected chi connectivity index (χ2v) is 4.79. The molecule has 0 saturated heterocycles. The van der Waals surface area contributed by atoms with Crippen LogP contribution in [0.4, 0.5) is 10.1 Å². The Morgan fingerprint density at radius 2 is 1.76 bits per heavy atom. The van der Waals surface area contributed by atoms with Crippen LogP contribution in [-0.2, 0) is 0 Å². The van der Waals surface area contributed by atoms with Crippen molar-refractivity contribution in [1.29, 1.82) is 0 Å². The molecule has 2 aromatic rings. The van der Waals surface area contributed by atoms with Gasteiger partial charge >= 0.3 is 0 Å². The second-order valence-electron chi connectivity index (χ2n) is 4.38. The molecule has 0 radical (unpaired) electrons. The van der Waals surface area contributed by atoms with Crippen molar-refractivity contribution in [3.8, 4) is 5.75 Å². The maximum absolute atomic E-state index is 13.3. The van der Waals surface area contributed by atoms with E-state index in [2.05, 4.69) is 10.6 Å². The van der Waals surface area contributed by atoms with Gasteiger partial charge in [-0.2, -0.15) is 0 Å². The molecular formula is C16H17FN2OS. The Labute approximate surface area is 129 Å². The van der Waals surface area contributed by atoms with Crippen LogP contribution in [0.5, 0.6) is 5.75 Å². The summed E-state index contributed by atoms with van der Waals surface area (Å²) in [6.45, 7) is 1.09. The summed E-state index contributed by atoms with van der Waals surface area (Å²) in [5.74, 6) is -0.0609. The van der Waals surface area contributed by atoms with Crippen LogP contribution in [0.25, 0.3) is 0 Å². The number of halogens is 1. The van der Waals surface area contributed by atoms with E-state index in [0.717, 1.165) is 12.1 Å². The summed E-state index contributed by atoms with van der Waals surface area (Å²) in [6, 6.07) is 16.1. The first-order valence-electron chi connectivity index (χ1n) is 6.73. The number of nitrogens with one attached hydrogen (secondary N) is 2. The van der Waals surface area contributed by atoms with E-state index in [-0.39, 0.29) is 11.6 Å². The van der Waals surface area contributed by atoms with E-state index in [1.165, 1.54) is 6.07 Å². The summed E-state index contributed by atoms with van der Waals surface area (Å²) in [6.07, 6.45) is 0.727. The third-order valence-electron chi connectivity index (χ3n) is 2.73. The lowest BCUT2D eigenvalue weighted by molar-refractivity contribution is 0.296. The van der Waals surface area contributed by atoms with E-state index < -0.39 is 0 Å². The highest BCUT2D eigenvalue weighted by molar-refractivity contribution is 7.80. The number of benzene rings is 2. The summed E-state index contributed by atoms with van der Waals surface area (Å²) >= 11 is 5.18. The molecule has 3 nitrogen and oxygen atoms in total. The topological polar surface area (TPSA) is 33.3 Å². The van der Waals surface area contributed by atoms with Gasteiger partial charge in [-0.25, -0.2) is 4.39 Å². The summed E-state index contributed by atoms with van der Waals surface area (Å²) in [4.78, 5) is 0. The average molecular weight is 304 g/mol. The van der Waals surface area contributed by atoms with Crippen LogP contribution < -0.4 is 15.4 Å². The Kier molecular flexibility index (Phi) is 5.97. The Bertz CT molecular complexity index is 577. The number of para-hydroxylation sites is 2. The first kappa shape index (κ1) is 15.3. The summed E-state index contributed by atoms with van der Waals surface area (Å²) in [5.41, 5.74) is 0.942. The zero-order valence-electron chi connectivity index (χ0n) is 11.5. The number of thiocarbonyl (C=S) groups is 1. The Morgan fingerprint density at radius 3 is 2.52 bits per heavy atom. The van der Waals surface area contributed by atoms with E-state index in [1.54, 1.807) is 18.2 Å². The smallest absolute Gasteiger partial charge is 0.170 e. The van der Waals surface area contributed by atoms with Crippen LogP contribution in [0, 0.1) is 5.82 Å². The van der Waals surface area contributed by atoms with Gasteiger partial charge in [-0.1, -0.05) is 30.3 Å². The summed E-state index contributed by atoms with van der Waals surface area (Å²) in [5, 5.41) is 6.72. The minimum atomic E-state index is -0.341. The van der Waals surface area contributed by atoms with Crippen molar-refractivity contribution < 1.29 is 9.13 Å². The molecule has 0 heterocycles. The van der Waals surface area contributed by atoms with E-state index in [1.807, 2.05) is 30.3 Å². The fourth-order valence-corrected chi connectivity index (χ4v) is 1.93. The fraction of sp³-hybridized carbons (Fsp3) is 0.188. The zero-order chi connectivity index (χ0) is 14.9. The lowest BCUT2D eigenvalue weighted by Gasteiger charge is -2.11. The van der Waals surface area contributed by atoms with Crippen molar-refractivity contribution in [2.45, 2.75) is 6.42 Å². The van der Waals surface area contributed by atoms with E-state index >= 15 is 0 Å². The monoisotopic (exact) mass is 304 g/mol. The molecule has 0 spiro atoms. The van der Waals surface area contributed by atoms with Crippen molar-refractivity contribution in [3.05, 3.63) is 60.4 Å². The first-order valence-corrected chi connectivity index (χ1v) is 7.14. The number of ether oxygens (including phenoxy) is 1. The van der Waals surface area contributed by atoms with Gasteiger partial charge < -0.3 is 15.4 Å². The minimum absolute atomic E-state index is 0.280. The molecule has 0 amide bonds. The average Bonchev–Trinajstić information content (AvgIpc) is 2.50. The summed E-state index contributed by atoms with van der Waals surface area (Å²) < 4.78 is 18.7. The third kappa shape index (κ3) is 5.39. The molecule has 0 bridgehead atoms. The van der Waals surface area contributed by atoms with Crippen molar-refractivity contribution in [3.63, 3.8) is 0 Å². The molecule has 0 aliphatic heterocycles. The molecule has 0 aromatic heterocycles. The second kappa shape index (κ2) is 8.21. The highest BCUT2D eigenvalue weighted by Gasteiger charge is 2.01. The Balaban J connectivity index is 1.62. The highest BCUT2D eigenvalue weighted by Crippen LogP contribution is 2.15. The lowest BCUT2D eigenvalue weighted by atomic mass is 10.3. The molecule has 2 rings (SSSR count). The lowest BCUT2D eigenvalue weighted by Crippen LogP contribution is -2.29. The number of hydrogen-bond acceptors (Lipinski definition) is 2. The van der Waals surface area contributed by atoms with E-state index in [9.17, 15) is 4.39 Å². The maximum Gasteiger partial charge on any atom is 0.170 e. The molecule has 0 aliphatic rings. The van der Waals surface area contributed by atoms with Gasteiger partial charge in [0.25, 0.3) is 0 Å². The van der Waals surface area contributed by atoms with Crippen LogP contribution in [0.2, 0.25) is 0 Å². The molecule has 2 N–H and O–H groups in total. The van der Waals surface area contributed by atoms with Gasteiger partial charge in [0.05, 0.1) is 6.61 Å². The fourth-order valence-electron chi connectivity index (χ4n) is 1.71. The van der Waals surface area contributed by atoms with Crippen molar-refractivity contribution in [2.24, 2.45) is 0 Å². The minimum Gasteiger partial charge on any atom is -0.490 e. The predicted octanol–water partition coefficient (Wildman–Crippen LogP) is 3.58. The van der Waals surface area contributed by atoms with Crippen molar-refractivity contribution >= 4 is 23.0 Å². The molecule has 21 heavy (non-hydrogen) atoms. The van der Waals surface area contributed by atoms with Gasteiger partial charge in [0.2, 0.25) is 0 Å². The van der Waals surface area contributed by atoms with Gasteiger partial charge in [-0.3, -0.25) is 0 Å². The van der Waals surface area contributed by atoms with Gasteiger partial charge in [-0.05, 0) is 42.9 Å². The summed E-state index contributed by atoms with van der Waals surface area (Å²) in [7, 11) is 0. The molecule has 0 aliphatic carbocycles. The van der Waals surface area contributed by atoms with Gasteiger partial charge in [0, 0.05) is 12.2 Å². The van der Waals surface area contributed by atoms with E-state index in [0.29, 0.717) is 18.3 Å². The molecule has 5 heteroatoms. The maximum atomic E-state index is 13.3. The van der Waals surface area contributed by atoms with E-state index in [4.69, 9.17) is 17.0 Å². The number of rotatable bonds is 6. The van der Waals surface area contributed by atoms with Gasteiger partial charge in [0.15, 0.2) is 16.7 Å². The molecule has 0 fully saturated rings. The third-order valence-corrected chi connectivity index (χ3v) is 2.98. The van der Waals surface area contributed by atoms with Crippen LogP contribution in [0.15, 0.2) is 54.6 Å². The van der Waals surface area contributed by atoms with Crippen LogP contribution in [0.1, 0.15) is 6.42 Å². The van der Waals surface area contributed by atoms with Crippen molar-refractivity contribution in [1.82, 2.24) is 5.32 Å². The van der Waals surface area contributed by atoms with Gasteiger partial charge in [0.1, 0.15) is 0 Å². The number of hydrogen-bond donors (Lipinski definition) is 2. The molecule has 0 unspecified atom stereocenters. The number of anilines is 1. The first-order chi connectivity index (χ1) is 10.3. The molecule has 0 atom stereocenters. The van der Waals surface area contributed by atoms with Gasteiger partial charge in [-0.15, -0.1) is 0 Å². The Hall–Kier alpha value is -2.14. The normalized spacial score (nSPS) is 9.95. The largest absolute Gasteiger partial charge is 0.490 e. The standard InChI is InChI=1S/C16H17FN2OS/c17-14-9-4-5-10-15(14)20-12-6-11-18-16(21)19-13-7-2-1-3-8-13/h1-5,7-10H,6,11-12H2,(H2,18,19,21). The highest BCUT2D eigenvalue weighted by atomic mass is 32.1. The van der Waals surface area contributed by atoms with Crippen LogP contribution >= 0.6 is 12.2 Å². The van der Waals surface area contributed by atoms with Crippen molar-refractivity contribution in [2.75, 3.05) is 18.5 Å². The molecule has 110 valence electrons.